The van der Waals surface area contributed by atoms with Crippen LogP contribution in [-0.4, -0.2) is 49.2 Å². The molecule has 4 nitrogen and oxygen atoms in total. The standard InChI is InChI=1S/C20H30N2O2/c1-16-7-9-17(10-8-16)11-13-22(15-18-5-4-14-24-18)20(23)19-6-2-3-12-21-19/h7-10,18-19,21H,2-6,11-15H2,1H3. The monoisotopic (exact) mass is 330 g/mol. The molecule has 0 aliphatic carbocycles. The quantitative estimate of drug-likeness (QED) is 0.872. The smallest absolute Gasteiger partial charge is 0.239 e. The molecule has 1 amide bonds. The normalized spacial score (nSPS) is 24.0. The third-order valence-corrected chi connectivity index (χ3v) is 5.16. The highest BCUT2D eigenvalue weighted by molar-refractivity contribution is 5.82. The highest BCUT2D eigenvalue weighted by Gasteiger charge is 2.28. The molecule has 1 aromatic carbocycles. The lowest BCUT2D eigenvalue weighted by atomic mass is 10.0. The first-order valence-electron chi connectivity index (χ1n) is 9.42. The number of hydrogen-bond donors (Lipinski definition) is 1. The number of ether oxygens (including phenoxy) is 1. The molecule has 132 valence electrons. The van der Waals surface area contributed by atoms with Crippen LogP contribution in [0, 0.1) is 6.92 Å². The van der Waals surface area contributed by atoms with Gasteiger partial charge in [0.2, 0.25) is 5.91 Å². The molecule has 0 aromatic heterocycles. The van der Waals surface area contributed by atoms with E-state index in [-0.39, 0.29) is 18.1 Å². The van der Waals surface area contributed by atoms with E-state index < -0.39 is 0 Å². The molecule has 24 heavy (non-hydrogen) atoms. The summed E-state index contributed by atoms with van der Waals surface area (Å²) in [6.07, 6.45) is 6.61. The van der Waals surface area contributed by atoms with Crippen molar-refractivity contribution in [2.45, 2.75) is 57.6 Å². The molecule has 2 heterocycles. The highest BCUT2D eigenvalue weighted by Crippen LogP contribution is 2.17. The van der Waals surface area contributed by atoms with Gasteiger partial charge in [0.25, 0.3) is 0 Å². The molecule has 1 aromatic rings. The van der Waals surface area contributed by atoms with Gasteiger partial charge in [0, 0.05) is 19.7 Å². The van der Waals surface area contributed by atoms with Crippen LogP contribution in [0.5, 0.6) is 0 Å². The summed E-state index contributed by atoms with van der Waals surface area (Å²) < 4.78 is 5.77. The summed E-state index contributed by atoms with van der Waals surface area (Å²) in [5, 5.41) is 3.40. The summed E-state index contributed by atoms with van der Waals surface area (Å²) in [6, 6.07) is 8.62. The first kappa shape index (κ1) is 17.4. The lowest BCUT2D eigenvalue weighted by Crippen LogP contribution is -2.50. The number of hydrogen-bond acceptors (Lipinski definition) is 3. The van der Waals surface area contributed by atoms with Gasteiger partial charge in [0.05, 0.1) is 12.1 Å². The van der Waals surface area contributed by atoms with E-state index in [0.29, 0.717) is 0 Å². The third kappa shape index (κ3) is 4.81. The second kappa shape index (κ2) is 8.63. The van der Waals surface area contributed by atoms with Crippen molar-refractivity contribution in [3.8, 4) is 0 Å². The predicted octanol–water partition coefficient (Wildman–Crippen LogP) is 2.69. The van der Waals surface area contributed by atoms with E-state index >= 15 is 0 Å². The van der Waals surface area contributed by atoms with Crippen molar-refractivity contribution >= 4 is 5.91 Å². The summed E-state index contributed by atoms with van der Waals surface area (Å²) >= 11 is 0. The topological polar surface area (TPSA) is 41.6 Å². The fraction of sp³-hybridized carbons (Fsp3) is 0.650. The lowest BCUT2D eigenvalue weighted by Gasteiger charge is -2.31. The van der Waals surface area contributed by atoms with E-state index in [9.17, 15) is 4.79 Å². The fourth-order valence-corrected chi connectivity index (χ4v) is 3.63. The third-order valence-electron chi connectivity index (χ3n) is 5.16. The number of rotatable bonds is 6. The average molecular weight is 330 g/mol. The van der Waals surface area contributed by atoms with E-state index in [0.717, 1.165) is 58.3 Å². The fourth-order valence-electron chi connectivity index (χ4n) is 3.63. The van der Waals surface area contributed by atoms with Crippen molar-refractivity contribution in [1.82, 2.24) is 10.2 Å². The minimum atomic E-state index is -0.00169. The van der Waals surface area contributed by atoms with E-state index in [1.165, 1.54) is 17.5 Å². The van der Waals surface area contributed by atoms with Crippen molar-refractivity contribution in [2.75, 3.05) is 26.2 Å². The summed E-state index contributed by atoms with van der Waals surface area (Å²) in [6.45, 7) is 5.42. The van der Waals surface area contributed by atoms with Gasteiger partial charge in [-0.3, -0.25) is 4.79 Å². The number of nitrogens with one attached hydrogen (secondary N) is 1. The molecule has 0 spiro atoms. The molecule has 2 fully saturated rings. The molecular formula is C20H30N2O2. The molecule has 0 radical (unpaired) electrons. The second-order valence-electron chi connectivity index (χ2n) is 7.16. The number of nitrogens with zero attached hydrogens (tertiary/aromatic N) is 1. The first-order chi connectivity index (χ1) is 11.7. The Labute approximate surface area is 145 Å². The molecule has 2 aliphatic heterocycles. The van der Waals surface area contributed by atoms with Gasteiger partial charge in [-0.15, -0.1) is 0 Å². The van der Waals surface area contributed by atoms with Crippen LogP contribution >= 0.6 is 0 Å². The Morgan fingerprint density at radius 1 is 1.21 bits per heavy atom. The number of carbonyl (C=O) groups excluding carboxylic acids is 1. The number of piperidine rings is 1. The molecule has 2 saturated heterocycles. The number of aryl methyl sites for hydroxylation is 1. The minimum absolute atomic E-state index is 0.00169. The van der Waals surface area contributed by atoms with Crippen molar-refractivity contribution in [3.63, 3.8) is 0 Å². The number of benzene rings is 1. The van der Waals surface area contributed by atoms with Crippen LogP contribution in [0.25, 0.3) is 0 Å². The Morgan fingerprint density at radius 2 is 2.04 bits per heavy atom. The zero-order valence-electron chi connectivity index (χ0n) is 14.8. The maximum atomic E-state index is 13.0. The maximum absolute atomic E-state index is 13.0. The Balaban J connectivity index is 1.61. The maximum Gasteiger partial charge on any atom is 0.239 e. The predicted molar refractivity (Wildman–Crippen MR) is 96.1 cm³/mol. The summed E-state index contributed by atoms with van der Waals surface area (Å²) in [7, 11) is 0. The van der Waals surface area contributed by atoms with E-state index in [1.54, 1.807) is 0 Å². The van der Waals surface area contributed by atoms with Gasteiger partial charge in [0.15, 0.2) is 0 Å². The van der Waals surface area contributed by atoms with Crippen LogP contribution in [0.1, 0.15) is 43.2 Å². The van der Waals surface area contributed by atoms with Gasteiger partial charge in [-0.1, -0.05) is 36.2 Å². The molecule has 0 bridgehead atoms. The van der Waals surface area contributed by atoms with Crippen LogP contribution in [-0.2, 0) is 16.0 Å². The summed E-state index contributed by atoms with van der Waals surface area (Å²) in [5.41, 5.74) is 2.57. The SMILES string of the molecule is Cc1ccc(CCN(CC2CCCO2)C(=O)C2CCCCN2)cc1. The molecule has 2 aliphatic rings. The Morgan fingerprint density at radius 3 is 2.71 bits per heavy atom. The summed E-state index contributed by atoms with van der Waals surface area (Å²) in [5.74, 6) is 0.261. The Bertz CT molecular complexity index is 517. The minimum Gasteiger partial charge on any atom is -0.376 e. The molecule has 2 atom stereocenters. The Hall–Kier alpha value is -1.39. The lowest BCUT2D eigenvalue weighted by molar-refractivity contribution is -0.135. The van der Waals surface area contributed by atoms with Gasteiger partial charge < -0.3 is 15.0 Å². The van der Waals surface area contributed by atoms with Crippen LogP contribution in [0.4, 0.5) is 0 Å². The van der Waals surface area contributed by atoms with Crippen LogP contribution in [0.2, 0.25) is 0 Å². The second-order valence-corrected chi connectivity index (χ2v) is 7.16. The van der Waals surface area contributed by atoms with E-state index in [2.05, 4.69) is 36.5 Å². The molecule has 4 heteroatoms. The van der Waals surface area contributed by atoms with E-state index in [1.807, 2.05) is 4.90 Å². The average Bonchev–Trinajstić information content (AvgIpc) is 3.13. The van der Waals surface area contributed by atoms with Gasteiger partial charge >= 0.3 is 0 Å². The first-order valence-corrected chi connectivity index (χ1v) is 9.42. The van der Waals surface area contributed by atoms with E-state index in [4.69, 9.17) is 4.74 Å². The largest absolute Gasteiger partial charge is 0.376 e. The van der Waals surface area contributed by atoms with Gasteiger partial charge in [-0.05, 0) is 51.1 Å². The highest BCUT2D eigenvalue weighted by atomic mass is 16.5. The molecule has 2 unspecified atom stereocenters. The van der Waals surface area contributed by atoms with Gasteiger partial charge in [-0.2, -0.15) is 0 Å². The van der Waals surface area contributed by atoms with Crippen molar-refractivity contribution in [2.24, 2.45) is 0 Å². The molecule has 1 N–H and O–H groups in total. The number of carbonyl (C=O) groups is 1. The summed E-state index contributed by atoms with van der Waals surface area (Å²) in [4.78, 5) is 15.0. The van der Waals surface area contributed by atoms with Crippen LogP contribution in [0.15, 0.2) is 24.3 Å². The van der Waals surface area contributed by atoms with Crippen LogP contribution in [0.3, 0.4) is 0 Å². The molecular weight excluding hydrogens is 300 g/mol. The number of amides is 1. The zero-order valence-corrected chi connectivity index (χ0v) is 14.8. The molecule has 3 rings (SSSR count). The van der Waals surface area contributed by atoms with Crippen molar-refractivity contribution in [3.05, 3.63) is 35.4 Å². The van der Waals surface area contributed by atoms with Crippen molar-refractivity contribution < 1.29 is 9.53 Å². The molecule has 0 saturated carbocycles. The van der Waals surface area contributed by atoms with Gasteiger partial charge in [-0.25, -0.2) is 0 Å². The van der Waals surface area contributed by atoms with Crippen molar-refractivity contribution in [1.29, 1.82) is 0 Å². The Kier molecular flexibility index (Phi) is 6.27. The zero-order chi connectivity index (χ0) is 16.8. The van der Waals surface area contributed by atoms with Gasteiger partial charge in [0.1, 0.15) is 0 Å². The van der Waals surface area contributed by atoms with Crippen LogP contribution < -0.4 is 5.32 Å².